The van der Waals surface area contributed by atoms with Crippen LogP contribution in [0.15, 0.2) is 24.3 Å². The number of benzene rings is 1. The van der Waals surface area contributed by atoms with Crippen molar-refractivity contribution in [2.45, 2.75) is 26.2 Å². The molecule has 72 valence electrons. The summed E-state index contributed by atoms with van der Waals surface area (Å²) in [6.07, 6.45) is 2.91. The molecular formula is C11H16O2. The molecule has 0 aliphatic rings. The summed E-state index contributed by atoms with van der Waals surface area (Å²) < 4.78 is 0. The molecule has 2 heteroatoms. The predicted octanol–water partition coefficient (Wildman–Crippen LogP) is 2.67. The molecule has 0 aliphatic heterocycles. The Morgan fingerprint density at radius 1 is 1.15 bits per heavy atom. The summed E-state index contributed by atoms with van der Waals surface area (Å²) in [4.78, 5) is 4.01. The molecule has 1 rings (SSSR count). The Morgan fingerprint density at radius 3 is 2.31 bits per heavy atom. The molecule has 0 unspecified atom stereocenters. The van der Waals surface area contributed by atoms with Crippen LogP contribution >= 0.6 is 0 Å². The third-order valence-electron chi connectivity index (χ3n) is 2.13. The highest BCUT2D eigenvalue weighted by Gasteiger charge is 1.93. The van der Waals surface area contributed by atoms with E-state index >= 15 is 0 Å². The van der Waals surface area contributed by atoms with E-state index in [0.717, 1.165) is 19.3 Å². The first-order valence-corrected chi connectivity index (χ1v) is 4.71. The molecular weight excluding hydrogens is 164 g/mol. The third kappa shape index (κ3) is 3.57. The molecule has 0 heterocycles. The topological polar surface area (TPSA) is 29.5 Å². The summed E-state index contributed by atoms with van der Waals surface area (Å²) in [7, 11) is 0. The highest BCUT2D eigenvalue weighted by Crippen LogP contribution is 2.06. The van der Waals surface area contributed by atoms with Crippen LogP contribution in [0.3, 0.4) is 0 Å². The maximum absolute atomic E-state index is 8.13. The maximum Gasteiger partial charge on any atom is 0.0822 e. The molecule has 0 aliphatic carbocycles. The van der Waals surface area contributed by atoms with Gasteiger partial charge in [-0.1, -0.05) is 31.2 Å². The molecule has 0 bridgehead atoms. The maximum atomic E-state index is 8.13. The lowest BCUT2D eigenvalue weighted by Gasteiger charge is -2.01. The molecule has 0 atom stereocenters. The van der Waals surface area contributed by atoms with Crippen molar-refractivity contribution in [3.8, 4) is 0 Å². The smallest absolute Gasteiger partial charge is 0.0822 e. The van der Waals surface area contributed by atoms with Gasteiger partial charge >= 0.3 is 0 Å². The molecule has 13 heavy (non-hydrogen) atoms. The van der Waals surface area contributed by atoms with E-state index in [1.54, 1.807) is 0 Å². The van der Waals surface area contributed by atoms with E-state index in [2.05, 4.69) is 36.1 Å². The fourth-order valence-electron chi connectivity index (χ4n) is 1.28. The van der Waals surface area contributed by atoms with E-state index in [-0.39, 0.29) is 0 Å². The third-order valence-corrected chi connectivity index (χ3v) is 2.13. The van der Waals surface area contributed by atoms with Gasteiger partial charge in [-0.2, -0.15) is 0 Å². The van der Waals surface area contributed by atoms with E-state index < -0.39 is 0 Å². The van der Waals surface area contributed by atoms with Gasteiger partial charge in [-0.05, 0) is 30.4 Å². The molecule has 0 aromatic heterocycles. The highest BCUT2D eigenvalue weighted by atomic mass is 17.1. The molecule has 2 nitrogen and oxygen atoms in total. The van der Waals surface area contributed by atoms with Gasteiger partial charge in [0.05, 0.1) is 6.61 Å². The van der Waals surface area contributed by atoms with Crippen LogP contribution in [0, 0.1) is 0 Å². The summed E-state index contributed by atoms with van der Waals surface area (Å²) in [6, 6.07) is 8.57. The van der Waals surface area contributed by atoms with E-state index in [9.17, 15) is 0 Å². The minimum absolute atomic E-state index is 0.412. The van der Waals surface area contributed by atoms with Crippen LogP contribution in [0.1, 0.15) is 24.5 Å². The van der Waals surface area contributed by atoms with Crippen molar-refractivity contribution in [2.24, 2.45) is 0 Å². The molecule has 0 amide bonds. The van der Waals surface area contributed by atoms with Gasteiger partial charge in [0.1, 0.15) is 0 Å². The van der Waals surface area contributed by atoms with Crippen LogP contribution in [0.4, 0.5) is 0 Å². The molecule has 0 saturated carbocycles. The second kappa shape index (κ2) is 5.73. The van der Waals surface area contributed by atoms with Crippen molar-refractivity contribution in [2.75, 3.05) is 6.61 Å². The molecule has 1 aromatic rings. The van der Waals surface area contributed by atoms with Gasteiger partial charge in [0.25, 0.3) is 0 Å². The Kier molecular flexibility index (Phi) is 4.50. The van der Waals surface area contributed by atoms with Crippen molar-refractivity contribution in [1.29, 1.82) is 0 Å². The lowest BCUT2D eigenvalue weighted by molar-refractivity contribution is -0.242. The van der Waals surface area contributed by atoms with Crippen LogP contribution in [-0.2, 0) is 17.7 Å². The fraction of sp³-hybridized carbons (Fsp3) is 0.455. The van der Waals surface area contributed by atoms with E-state index in [0.29, 0.717) is 6.61 Å². The number of hydrogen-bond donors (Lipinski definition) is 1. The summed E-state index contributed by atoms with van der Waals surface area (Å²) in [5.74, 6) is 0. The van der Waals surface area contributed by atoms with Crippen LogP contribution in [-0.4, -0.2) is 11.9 Å². The summed E-state index contributed by atoms with van der Waals surface area (Å²) in [5, 5.41) is 8.13. The minimum Gasteiger partial charge on any atom is -0.252 e. The number of aryl methyl sites for hydroxylation is 2. The first kappa shape index (κ1) is 10.2. The van der Waals surface area contributed by atoms with Crippen molar-refractivity contribution in [1.82, 2.24) is 0 Å². The lowest BCUT2D eigenvalue weighted by Crippen LogP contribution is -1.93. The van der Waals surface area contributed by atoms with Crippen LogP contribution in [0.2, 0.25) is 0 Å². The fourth-order valence-corrected chi connectivity index (χ4v) is 1.28. The quantitative estimate of drug-likeness (QED) is 0.429. The highest BCUT2D eigenvalue weighted by molar-refractivity contribution is 5.22. The largest absolute Gasteiger partial charge is 0.252 e. The zero-order chi connectivity index (χ0) is 9.52. The van der Waals surface area contributed by atoms with Gasteiger partial charge in [-0.25, -0.2) is 4.89 Å². The summed E-state index contributed by atoms with van der Waals surface area (Å²) in [5.41, 5.74) is 2.66. The second-order valence-corrected chi connectivity index (χ2v) is 3.11. The number of rotatable bonds is 5. The number of hydrogen-bond acceptors (Lipinski definition) is 2. The van der Waals surface area contributed by atoms with E-state index in [1.807, 2.05) is 0 Å². The monoisotopic (exact) mass is 180 g/mol. The van der Waals surface area contributed by atoms with E-state index in [4.69, 9.17) is 5.26 Å². The Morgan fingerprint density at radius 2 is 1.77 bits per heavy atom. The Balaban J connectivity index is 2.40. The van der Waals surface area contributed by atoms with Crippen LogP contribution < -0.4 is 0 Å². The van der Waals surface area contributed by atoms with Crippen LogP contribution in [0.5, 0.6) is 0 Å². The van der Waals surface area contributed by atoms with Gasteiger partial charge in [0.2, 0.25) is 0 Å². The normalized spacial score (nSPS) is 10.3. The molecule has 1 N–H and O–H groups in total. The SMILES string of the molecule is CCc1ccc(CCCOO)cc1. The summed E-state index contributed by atoms with van der Waals surface area (Å²) >= 11 is 0. The first-order chi connectivity index (χ1) is 6.36. The van der Waals surface area contributed by atoms with Gasteiger partial charge in [-0.15, -0.1) is 0 Å². The Bertz CT molecular complexity index is 228. The zero-order valence-electron chi connectivity index (χ0n) is 7.99. The van der Waals surface area contributed by atoms with Gasteiger partial charge in [-0.3, -0.25) is 5.26 Å². The first-order valence-electron chi connectivity index (χ1n) is 4.71. The van der Waals surface area contributed by atoms with Gasteiger partial charge < -0.3 is 0 Å². The van der Waals surface area contributed by atoms with Crippen molar-refractivity contribution in [3.05, 3.63) is 35.4 Å². The summed E-state index contributed by atoms with van der Waals surface area (Å²) in [6.45, 7) is 2.56. The minimum atomic E-state index is 0.412. The second-order valence-electron chi connectivity index (χ2n) is 3.11. The molecule has 0 spiro atoms. The Labute approximate surface area is 79.1 Å². The average molecular weight is 180 g/mol. The molecule has 1 aromatic carbocycles. The Hall–Kier alpha value is -0.860. The molecule has 0 saturated heterocycles. The average Bonchev–Trinajstić information content (AvgIpc) is 2.19. The van der Waals surface area contributed by atoms with Gasteiger partial charge in [0.15, 0.2) is 0 Å². The van der Waals surface area contributed by atoms with E-state index in [1.165, 1.54) is 11.1 Å². The predicted molar refractivity (Wildman–Crippen MR) is 52.7 cm³/mol. The standard InChI is InChI=1S/C11H16O2/c1-2-10-5-7-11(8-6-10)4-3-9-13-12/h5-8,12H,2-4,9H2,1H3. The van der Waals surface area contributed by atoms with Crippen LogP contribution in [0.25, 0.3) is 0 Å². The van der Waals surface area contributed by atoms with Crippen molar-refractivity contribution >= 4 is 0 Å². The zero-order valence-corrected chi connectivity index (χ0v) is 7.99. The molecule has 0 radical (unpaired) electrons. The van der Waals surface area contributed by atoms with Gasteiger partial charge in [0, 0.05) is 0 Å². The van der Waals surface area contributed by atoms with Crippen molar-refractivity contribution in [3.63, 3.8) is 0 Å². The van der Waals surface area contributed by atoms with Crippen molar-refractivity contribution < 1.29 is 10.1 Å². The lowest BCUT2D eigenvalue weighted by atomic mass is 10.1. The molecule has 0 fully saturated rings.